The molecule has 0 fully saturated rings. The van der Waals surface area contributed by atoms with Crippen LogP contribution in [0.3, 0.4) is 0 Å². The van der Waals surface area contributed by atoms with Gasteiger partial charge >= 0.3 is 0 Å². The minimum absolute atomic E-state index is 0.632. The molecular formula is C15H20N2O3S. The van der Waals surface area contributed by atoms with Crippen LogP contribution >= 0.6 is 11.3 Å². The van der Waals surface area contributed by atoms with Gasteiger partial charge in [0.25, 0.3) is 0 Å². The SMILES string of the molecule is COc1cc(OC)c(CNCc2csc(C)n2)c(OC)c1. The van der Waals surface area contributed by atoms with Crippen molar-refractivity contribution in [3.63, 3.8) is 0 Å². The highest BCUT2D eigenvalue weighted by Gasteiger charge is 2.13. The summed E-state index contributed by atoms with van der Waals surface area (Å²) in [5.41, 5.74) is 2.01. The highest BCUT2D eigenvalue weighted by Crippen LogP contribution is 2.33. The van der Waals surface area contributed by atoms with E-state index in [1.807, 2.05) is 19.1 Å². The molecule has 1 N–H and O–H groups in total. The Hall–Kier alpha value is -1.79. The molecular weight excluding hydrogens is 288 g/mol. The largest absolute Gasteiger partial charge is 0.496 e. The second kappa shape index (κ2) is 7.28. The number of benzene rings is 1. The number of rotatable bonds is 7. The molecule has 0 radical (unpaired) electrons. The lowest BCUT2D eigenvalue weighted by atomic mass is 10.1. The zero-order valence-corrected chi connectivity index (χ0v) is 13.5. The van der Waals surface area contributed by atoms with Crippen LogP contribution in [0.4, 0.5) is 0 Å². The van der Waals surface area contributed by atoms with Crippen molar-refractivity contribution in [1.29, 1.82) is 0 Å². The van der Waals surface area contributed by atoms with E-state index in [9.17, 15) is 0 Å². The van der Waals surface area contributed by atoms with Crippen molar-refractivity contribution in [2.45, 2.75) is 20.0 Å². The molecule has 2 rings (SSSR count). The van der Waals surface area contributed by atoms with Crippen LogP contribution in [0.5, 0.6) is 17.2 Å². The van der Waals surface area contributed by atoms with Crippen LogP contribution in [0.25, 0.3) is 0 Å². The number of aryl methyl sites for hydroxylation is 1. The normalized spacial score (nSPS) is 10.5. The predicted molar refractivity (Wildman–Crippen MR) is 83.5 cm³/mol. The van der Waals surface area contributed by atoms with Crippen LogP contribution in [0.15, 0.2) is 17.5 Å². The molecule has 0 atom stereocenters. The molecule has 0 saturated carbocycles. The van der Waals surface area contributed by atoms with E-state index in [4.69, 9.17) is 14.2 Å². The maximum Gasteiger partial charge on any atom is 0.130 e. The Bertz CT molecular complexity index is 573. The van der Waals surface area contributed by atoms with Gasteiger partial charge in [-0.25, -0.2) is 4.98 Å². The predicted octanol–water partition coefficient (Wildman–Crippen LogP) is 2.77. The molecule has 1 aromatic heterocycles. The Kier molecular flexibility index (Phi) is 5.41. The van der Waals surface area contributed by atoms with Gasteiger partial charge in [0.15, 0.2) is 0 Å². The molecule has 0 aliphatic rings. The van der Waals surface area contributed by atoms with Crippen LogP contribution in [0.1, 0.15) is 16.3 Å². The number of hydrogen-bond acceptors (Lipinski definition) is 6. The lowest BCUT2D eigenvalue weighted by Gasteiger charge is -2.15. The molecule has 2 aromatic rings. The van der Waals surface area contributed by atoms with E-state index in [0.717, 1.165) is 27.8 Å². The van der Waals surface area contributed by atoms with E-state index >= 15 is 0 Å². The van der Waals surface area contributed by atoms with Crippen LogP contribution in [0, 0.1) is 6.92 Å². The van der Waals surface area contributed by atoms with E-state index in [2.05, 4.69) is 15.7 Å². The first-order valence-corrected chi connectivity index (χ1v) is 7.46. The van der Waals surface area contributed by atoms with Crippen LogP contribution < -0.4 is 19.5 Å². The molecule has 0 aliphatic carbocycles. The summed E-state index contributed by atoms with van der Waals surface area (Å²) >= 11 is 1.65. The number of ether oxygens (including phenoxy) is 3. The van der Waals surface area contributed by atoms with Gasteiger partial charge in [0, 0.05) is 30.6 Å². The van der Waals surface area contributed by atoms with Gasteiger partial charge in [-0.3, -0.25) is 0 Å². The second-order valence-electron chi connectivity index (χ2n) is 4.47. The molecule has 0 bridgehead atoms. The number of methoxy groups -OCH3 is 3. The van der Waals surface area contributed by atoms with Crippen molar-refractivity contribution in [2.24, 2.45) is 0 Å². The third kappa shape index (κ3) is 3.86. The minimum Gasteiger partial charge on any atom is -0.496 e. The van der Waals surface area contributed by atoms with Gasteiger partial charge in [-0.15, -0.1) is 11.3 Å². The van der Waals surface area contributed by atoms with Gasteiger partial charge in [0.2, 0.25) is 0 Å². The summed E-state index contributed by atoms with van der Waals surface area (Å²) < 4.78 is 16.1. The van der Waals surface area contributed by atoms with Crippen molar-refractivity contribution in [3.8, 4) is 17.2 Å². The van der Waals surface area contributed by atoms with Gasteiger partial charge in [-0.2, -0.15) is 0 Å². The van der Waals surface area contributed by atoms with Gasteiger partial charge in [0.1, 0.15) is 17.2 Å². The molecule has 21 heavy (non-hydrogen) atoms. The summed E-state index contributed by atoms with van der Waals surface area (Å²) in [6.07, 6.45) is 0. The third-order valence-electron chi connectivity index (χ3n) is 3.09. The summed E-state index contributed by atoms with van der Waals surface area (Å²) in [7, 11) is 4.90. The van der Waals surface area contributed by atoms with Crippen molar-refractivity contribution in [3.05, 3.63) is 33.8 Å². The fourth-order valence-electron chi connectivity index (χ4n) is 2.06. The molecule has 0 amide bonds. The lowest BCUT2D eigenvalue weighted by molar-refractivity contribution is 0.366. The van der Waals surface area contributed by atoms with E-state index < -0.39 is 0 Å². The van der Waals surface area contributed by atoms with Crippen LogP contribution in [0.2, 0.25) is 0 Å². The first kappa shape index (κ1) is 15.6. The Morgan fingerprint density at radius 2 is 1.71 bits per heavy atom. The summed E-state index contributed by atoms with van der Waals surface area (Å²) in [6.45, 7) is 3.35. The van der Waals surface area contributed by atoms with E-state index in [-0.39, 0.29) is 0 Å². The van der Waals surface area contributed by atoms with Crippen molar-refractivity contribution in [2.75, 3.05) is 21.3 Å². The quantitative estimate of drug-likeness (QED) is 0.852. The van der Waals surface area contributed by atoms with Gasteiger partial charge in [-0.1, -0.05) is 0 Å². The van der Waals surface area contributed by atoms with Crippen LogP contribution in [-0.4, -0.2) is 26.3 Å². The molecule has 6 heteroatoms. The monoisotopic (exact) mass is 308 g/mol. The minimum atomic E-state index is 0.632. The summed E-state index contributed by atoms with van der Waals surface area (Å²) in [5, 5.41) is 6.50. The molecule has 1 aromatic carbocycles. The standard InChI is InChI=1S/C15H20N2O3S/c1-10-17-11(9-21-10)7-16-8-13-14(19-3)5-12(18-2)6-15(13)20-4/h5-6,9,16H,7-8H2,1-4H3. The summed E-state index contributed by atoms with van der Waals surface area (Å²) in [5.74, 6) is 2.20. The smallest absolute Gasteiger partial charge is 0.130 e. The maximum atomic E-state index is 5.42. The Balaban J connectivity index is 2.10. The Morgan fingerprint density at radius 3 is 2.19 bits per heavy atom. The van der Waals surface area contributed by atoms with E-state index in [1.54, 1.807) is 32.7 Å². The highest BCUT2D eigenvalue weighted by atomic mass is 32.1. The number of nitrogens with zero attached hydrogens (tertiary/aromatic N) is 1. The van der Waals surface area contributed by atoms with Crippen molar-refractivity contribution >= 4 is 11.3 Å². The zero-order chi connectivity index (χ0) is 15.2. The topological polar surface area (TPSA) is 52.6 Å². The number of aromatic nitrogens is 1. The second-order valence-corrected chi connectivity index (χ2v) is 5.53. The first-order chi connectivity index (χ1) is 10.2. The fourth-order valence-corrected chi connectivity index (χ4v) is 2.67. The van der Waals surface area contributed by atoms with Crippen molar-refractivity contribution in [1.82, 2.24) is 10.3 Å². The molecule has 5 nitrogen and oxygen atoms in total. The lowest BCUT2D eigenvalue weighted by Crippen LogP contribution is -2.14. The summed E-state index contributed by atoms with van der Waals surface area (Å²) in [6, 6.07) is 3.71. The number of hydrogen-bond donors (Lipinski definition) is 1. The Morgan fingerprint density at radius 1 is 1.05 bits per heavy atom. The molecule has 0 aliphatic heterocycles. The molecule has 1 heterocycles. The maximum absolute atomic E-state index is 5.42. The van der Waals surface area contributed by atoms with Gasteiger partial charge in [-0.05, 0) is 6.92 Å². The van der Waals surface area contributed by atoms with Crippen LogP contribution in [-0.2, 0) is 13.1 Å². The van der Waals surface area contributed by atoms with Crippen molar-refractivity contribution < 1.29 is 14.2 Å². The third-order valence-corrected chi connectivity index (χ3v) is 3.91. The Labute approximate surface area is 128 Å². The molecule has 0 unspecified atom stereocenters. The zero-order valence-electron chi connectivity index (χ0n) is 12.7. The molecule has 0 spiro atoms. The number of nitrogens with one attached hydrogen (secondary N) is 1. The average Bonchev–Trinajstić information content (AvgIpc) is 2.92. The molecule has 0 saturated heterocycles. The molecule has 114 valence electrons. The average molecular weight is 308 g/mol. The first-order valence-electron chi connectivity index (χ1n) is 6.58. The van der Waals surface area contributed by atoms with Gasteiger partial charge < -0.3 is 19.5 Å². The highest BCUT2D eigenvalue weighted by molar-refractivity contribution is 7.09. The van der Waals surface area contributed by atoms with E-state index in [0.29, 0.717) is 18.8 Å². The fraction of sp³-hybridized carbons (Fsp3) is 0.400. The summed E-state index contributed by atoms with van der Waals surface area (Å²) in [4.78, 5) is 4.43. The number of thiazole rings is 1. The van der Waals surface area contributed by atoms with Gasteiger partial charge in [0.05, 0.1) is 37.6 Å². The van der Waals surface area contributed by atoms with E-state index in [1.165, 1.54) is 0 Å².